The molecule has 0 saturated carbocycles. The van der Waals surface area contributed by atoms with Gasteiger partial charge in [-0.15, -0.1) is 5.10 Å². The van der Waals surface area contributed by atoms with E-state index < -0.39 is 12.0 Å². The van der Waals surface area contributed by atoms with E-state index in [4.69, 9.17) is 9.47 Å². The average Bonchev–Trinajstić information content (AvgIpc) is 3.21. The van der Waals surface area contributed by atoms with E-state index in [1.165, 1.54) is 18.9 Å². The molecule has 4 rings (SSSR count). The zero-order chi connectivity index (χ0) is 22.8. The lowest BCUT2D eigenvalue weighted by Gasteiger charge is -2.29. The molecule has 2 aromatic carbocycles. The molecule has 2 heterocycles. The number of carbonyl (C=O) groups excluding carboxylic acids is 2. The minimum atomic E-state index is -0.667. The molecular weight excluding hydrogens is 478 g/mol. The van der Waals surface area contributed by atoms with Gasteiger partial charge in [0.1, 0.15) is 11.8 Å². The molecule has 0 saturated heterocycles. The van der Waals surface area contributed by atoms with E-state index >= 15 is 0 Å². The monoisotopic (exact) mass is 497 g/mol. The van der Waals surface area contributed by atoms with Gasteiger partial charge in [-0.3, -0.25) is 4.79 Å². The summed E-state index contributed by atoms with van der Waals surface area (Å²) in [5.74, 6) is -0.239. The van der Waals surface area contributed by atoms with Crippen LogP contribution in [0.1, 0.15) is 29.1 Å². The third kappa shape index (κ3) is 3.96. The fourth-order valence-electron chi connectivity index (χ4n) is 3.55. The van der Waals surface area contributed by atoms with Gasteiger partial charge < -0.3 is 20.1 Å². The van der Waals surface area contributed by atoms with Gasteiger partial charge in [0.25, 0.3) is 11.7 Å². The standard InChI is InChI=1S/C22H20BrN5O4/c1-12-17(20(29)25-15-9-4-5-10-16(15)31-2)18(13-7-6-8-14(23)11-13)28-22(24-12)26-19(27-28)21(30)32-3/h4-11,18H,1-3H3,(H,25,29)(H,24,26,27)/t18-/m0/s1. The molecule has 1 aromatic heterocycles. The highest BCUT2D eigenvalue weighted by Crippen LogP contribution is 2.37. The van der Waals surface area contributed by atoms with Gasteiger partial charge in [-0.1, -0.05) is 40.2 Å². The van der Waals surface area contributed by atoms with Crippen LogP contribution < -0.4 is 15.4 Å². The zero-order valence-corrected chi connectivity index (χ0v) is 19.1. The minimum absolute atomic E-state index is 0.103. The molecule has 1 aliphatic heterocycles. The number of nitrogens with one attached hydrogen (secondary N) is 2. The number of ether oxygens (including phenoxy) is 2. The number of allylic oxidation sites excluding steroid dienone is 1. The Balaban J connectivity index is 1.81. The Morgan fingerprint density at radius 2 is 1.94 bits per heavy atom. The number of hydrogen-bond donors (Lipinski definition) is 2. The van der Waals surface area contributed by atoms with Crippen molar-refractivity contribution in [2.24, 2.45) is 0 Å². The van der Waals surface area contributed by atoms with Gasteiger partial charge in [-0.05, 0) is 36.8 Å². The van der Waals surface area contributed by atoms with E-state index in [1.807, 2.05) is 36.4 Å². The third-order valence-electron chi connectivity index (χ3n) is 4.98. The first kappa shape index (κ1) is 21.6. The van der Waals surface area contributed by atoms with Gasteiger partial charge >= 0.3 is 5.97 Å². The quantitative estimate of drug-likeness (QED) is 0.516. The van der Waals surface area contributed by atoms with E-state index in [2.05, 4.69) is 36.6 Å². The molecule has 9 nitrogen and oxygen atoms in total. The van der Waals surface area contributed by atoms with Crippen molar-refractivity contribution in [3.8, 4) is 5.75 Å². The van der Waals surface area contributed by atoms with Crippen molar-refractivity contribution in [3.05, 3.63) is 75.7 Å². The third-order valence-corrected chi connectivity index (χ3v) is 5.48. The Morgan fingerprint density at radius 3 is 2.66 bits per heavy atom. The van der Waals surface area contributed by atoms with Crippen LogP contribution in [0, 0.1) is 0 Å². The summed E-state index contributed by atoms with van der Waals surface area (Å²) in [7, 11) is 2.80. The number of amides is 1. The fourth-order valence-corrected chi connectivity index (χ4v) is 3.96. The summed E-state index contributed by atoms with van der Waals surface area (Å²) >= 11 is 3.48. The van der Waals surface area contributed by atoms with Crippen LogP contribution in [-0.4, -0.2) is 40.9 Å². The first-order chi connectivity index (χ1) is 15.4. The molecule has 0 fully saturated rings. The maximum atomic E-state index is 13.5. The molecule has 0 spiro atoms. The number of benzene rings is 2. The molecule has 1 aliphatic rings. The van der Waals surface area contributed by atoms with Crippen molar-refractivity contribution in [1.29, 1.82) is 0 Å². The molecule has 0 unspecified atom stereocenters. The number of halogens is 1. The van der Waals surface area contributed by atoms with Crippen LogP contribution in [0.4, 0.5) is 11.6 Å². The number of anilines is 2. The number of esters is 1. The number of fused-ring (bicyclic) bond motifs is 1. The molecule has 0 radical (unpaired) electrons. The molecule has 0 aliphatic carbocycles. The molecule has 3 aromatic rings. The predicted octanol–water partition coefficient (Wildman–Crippen LogP) is 3.76. The topological polar surface area (TPSA) is 107 Å². The Morgan fingerprint density at radius 1 is 1.16 bits per heavy atom. The summed E-state index contributed by atoms with van der Waals surface area (Å²) < 4.78 is 12.5. The number of rotatable bonds is 5. The Hall–Kier alpha value is -3.66. The first-order valence-electron chi connectivity index (χ1n) is 9.65. The van der Waals surface area contributed by atoms with Crippen LogP contribution in [0.5, 0.6) is 5.75 Å². The number of aromatic nitrogens is 3. The van der Waals surface area contributed by atoms with E-state index in [9.17, 15) is 9.59 Å². The second kappa shape index (κ2) is 8.83. The number of methoxy groups -OCH3 is 2. The first-order valence-corrected chi connectivity index (χ1v) is 10.4. The maximum absolute atomic E-state index is 13.5. The van der Waals surface area contributed by atoms with Crippen LogP contribution in [0.25, 0.3) is 0 Å². The lowest BCUT2D eigenvalue weighted by Crippen LogP contribution is -2.31. The highest BCUT2D eigenvalue weighted by Gasteiger charge is 2.35. The Bertz CT molecular complexity index is 1240. The summed E-state index contributed by atoms with van der Waals surface area (Å²) in [5, 5.41) is 10.3. The van der Waals surface area contributed by atoms with E-state index in [1.54, 1.807) is 19.1 Å². The fraction of sp³-hybridized carbons (Fsp3) is 0.182. The summed E-state index contributed by atoms with van der Waals surface area (Å²) in [6.07, 6.45) is 0. The SMILES string of the molecule is COC(=O)c1nc2n(n1)[C@@H](c1cccc(Br)c1)C(C(=O)Nc1ccccc1OC)=C(C)N2. The molecule has 32 heavy (non-hydrogen) atoms. The lowest BCUT2D eigenvalue weighted by molar-refractivity contribution is -0.113. The molecular formula is C22H20BrN5O4. The van der Waals surface area contributed by atoms with Gasteiger partial charge in [0.05, 0.1) is 25.5 Å². The second-order valence-corrected chi connectivity index (χ2v) is 7.89. The van der Waals surface area contributed by atoms with Crippen LogP contribution in [0.3, 0.4) is 0 Å². The van der Waals surface area contributed by atoms with Crippen LogP contribution in [0.2, 0.25) is 0 Å². The van der Waals surface area contributed by atoms with Gasteiger partial charge in [-0.25, -0.2) is 9.48 Å². The highest BCUT2D eigenvalue weighted by atomic mass is 79.9. The molecule has 2 N–H and O–H groups in total. The predicted molar refractivity (Wildman–Crippen MR) is 122 cm³/mol. The van der Waals surface area contributed by atoms with Crippen LogP contribution in [-0.2, 0) is 9.53 Å². The number of hydrogen-bond acceptors (Lipinski definition) is 7. The molecule has 164 valence electrons. The minimum Gasteiger partial charge on any atom is -0.495 e. The van der Waals surface area contributed by atoms with Crippen molar-refractivity contribution in [1.82, 2.24) is 14.8 Å². The normalized spacial score (nSPS) is 14.9. The van der Waals surface area contributed by atoms with Crippen LogP contribution in [0.15, 0.2) is 64.3 Å². The van der Waals surface area contributed by atoms with Gasteiger partial charge in [0.15, 0.2) is 0 Å². The number of para-hydroxylation sites is 2. The summed E-state index contributed by atoms with van der Waals surface area (Å²) in [6, 6.07) is 14.0. The highest BCUT2D eigenvalue weighted by molar-refractivity contribution is 9.10. The summed E-state index contributed by atoms with van der Waals surface area (Å²) in [4.78, 5) is 29.8. The van der Waals surface area contributed by atoms with Crippen molar-refractivity contribution in [2.75, 3.05) is 24.9 Å². The van der Waals surface area contributed by atoms with E-state index in [-0.39, 0.29) is 11.7 Å². The average molecular weight is 498 g/mol. The maximum Gasteiger partial charge on any atom is 0.378 e. The van der Waals surface area contributed by atoms with Crippen molar-refractivity contribution < 1.29 is 19.1 Å². The number of nitrogens with zero attached hydrogens (tertiary/aromatic N) is 3. The van der Waals surface area contributed by atoms with Crippen molar-refractivity contribution in [3.63, 3.8) is 0 Å². The van der Waals surface area contributed by atoms with E-state index in [0.29, 0.717) is 28.7 Å². The smallest absolute Gasteiger partial charge is 0.378 e. The summed E-state index contributed by atoms with van der Waals surface area (Å²) in [6.45, 7) is 1.78. The largest absolute Gasteiger partial charge is 0.495 e. The second-order valence-electron chi connectivity index (χ2n) is 6.97. The Kier molecular flexibility index (Phi) is 5.95. The zero-order valence-electron chi connectivity index (χ0n) is 17.5. The molecule has 10 heteroatoms. The molecule has 1 amide bonds. The lowest BCUT2D eigenvalue weighted by atomic mass is 9.95. The van der Waals surface area contributed by atoms with E-state index in [0.717, 1.165) is 10.0 Å². The van der Waals surface area contributed by atoms with Gasteiger partial charge in [-0.2, -0.15) is 4.98 Å². The van der Waals surface area contributed by atoms with Crippen LogP contribution >= 0.6 is 15.9 Å². The van der Waals surface area contributed by atoms with Gasteiger partial charge in [0, 0.05) is 10.2 Å². The number of carbonyl (C=O) groups is 2. The van der Waals surface area contributed by atoms with Crippen molar-refractivity contribution >= 4 is 39.4 Å². The molecule has 0 bridgehead atoms. The van der Waals surface area contributed by atoms with Gasteiger partial charge in [0.2, 0.25) is 5.95 Å². The molecule has 1 atom stereocenters. The Labute approximate surface area is 192 Å². The summed E-state index contributed by atoms with van der Waals surface area (Å²) in [5.41, 5.74) is 2.32. The van der Waals surface area contributed by atoms with Crippen molar-refractivity contribution in [2.45, 2.75) is 13.0 Å².